The van der Waals surface area contributed by atoms with Crippen molar-refractivity contribution in [1.82, 2.24) is 85.1 Å². The molecule has 0 spiro atoms. The molecule has 0 radical (unpaired) electrons. The number of amides is 8. The van der Waals surface area contributed by atoms with E-state index in [0.29, 0.717) is 183 Å². The van der Waals surface area contributed by atoms with Crippen molar-refractivity contribution in [2.45, 2.75) is 260 Å². The van der Waals surface area contributed by atoms with Gasteiger partial charge in [-0.15, -0.1) is 0 Å². The van der Waals surface area contributed by atoms with Crippen molar-refractivity contribution in [2.75, 3.05) is 203 Å². The van der Waals surface area contributed by atoms with Gasteiger partial charge in [-0.05, 0) is 32.1 Å². The second kappa shape index (κ2) is 94.9. The molecule has 0 aliphatic carbocycles. The number of hydrogen-bond acceptors (Lipinski definition) is 30. The molecular weight excluding hydrogens is 1700 g/mol. The first-order valence-electron chi connectivity index (χ1n) is 49.6. The largest absolute Gasteiger partial charge is 0.466 e. The van der Waals surface area contributed by atoms with E-state index in [-0.39, 0.29) is 125 Å². The Morgan fingerprint density at radius 3 is 0.833 bits per heavy atom. The van der Waals surface area contributed by atoms with Gasteiger partial charge in [-0.2, -0.15) is 0 Å². The smallest absolute Gasteiger partial charge is 0.330 e. The van der Waals surface area contributed by atoms with E-state index >= 15 is 0 Å². The number of Topliss-reactive ketones (excluding diaryl/α,β-unsaturated/α-hetero) is 4. The van der Waals surface area contributed by atoms with Gasteiger partial charge in [0, 0.05) is 271 Å². The molecule has 24 N–H and O–H groups in total. The normalized spacial score (nSPS) is 12.3. The SMILES string of the molecule is C=CC(=O)OCCCCCCC.CCCCCCCCOC(=O)CCNCCNCCNC(=O)CC(CC(=O)CC(C)C(=O)NCCNCCNCCC(=O)OCCCCCCCC)C(=O)CC(CC(=O)CC(CC(=O)NCCNCCN)C(=O)NCCCC)C(=O)NCCNCCN.CCCCNC(=O)C(CC(=O)CC(C)C(=O)NCCNCCN)CC(=O)NCCNCCN. The number of esters is 3. The Labute approximate surface area is 790 Å². The molecule has 0 aliphatic rings. The van der Waals surface area contributed by atoms with E-state index in [4.69, 9.17) is 37.1 Å². The molecule has 766 valence electrons. The molecule has 6 unspecified atom stereocenters. The highest BCUT2D eigenvalue weighted by Crippen LogP contribution is 2.24. The Bertz CT molecular complexity index is 3040. The highest BCUT2D eigenvalue weighted by atomic mass is 16.5. The Balaban J connectivity index is -0.00000300. The second-order valence-electron chi connectivity index (χ2n) is 33.3. The predicted octanol–water partition coefficient (Wildman–Crippen LogP) is 2.24. The van der Waals surface area contributed by atoms with Crippen LogP contribution in [0.15, 0.2) is 12.7 Å². The van der Waals surface area contributed by atoms with E-state index in [2.05, 4.69) is 112 Å². The summed E-state index contributed by atoms with van der Waals surface area (Å²) in [5.74, 6) is -11.5. The highest BCUT2D eigenvalue weighted by molar-refractivity contribution is 5.98. The van der Waals surface area contributed by atoms with E-state index in [1.54, 1.807) is 13.8 Å². The average molecular weight is 1880 g/mol. The van der Waals surface area contributed by atoms with Crippen LogP contribution in [0.1, 0.15) is 260 Å². The Morgan fingerprint density at radius 1 is 0.258 bits per heavy atom. The van der Waals surface area contributed by atoms with E-state index in [9.17, 15) is 71.9 Å². The summed E-state index contributed by atoms with van der Waals surface area (Å²) in [5, 5.41) is 47.4. The topological polar surface area (TPSA) is 580 Å². The van der Waals surface area contributed by atoms with Crippen molar-refractivity contribution in [3.8, 4) is 0 Å². The number of nitrogens with two attached hydrogens (primary N) is 4. The van der Waals surface area contributed by atoms with Gasteiger partial charge in [0.2, 0.25) is 47.3 Å². The molecule has 0 aromatic rings. The van der Waals surface area contributed by atoms with Crippen molar-refractivity contribution in [3.63, 3.8) is 0 Å². The minimum Gasteiger partial charge on any atom is -0.466 e. The summed E-state index contributed by atoms with van der Waals surface area (Å²) in [6, 6.07) is 0. The van der Waals surface area contributed by atoms with Crippen LogP contribution < -0.4 is 108 Å². The van der Waals surface area contributed by atoms with Crippen molar-refractivity contribution in [3.05, 3.63) is 12.7 Å². The molecule has 38 nitrogen and oxygen atoms in total. The molecule has 0 heterocycles. The third-order valence-corrected chi connectivity index (χ3v) is 20.9. The zero-order chi connectivity index (χ0) is 98.5. The van der Waals surface area contributed by atoms with Crippen LogP contribution in [-0.4, -0.2) is 291 Å². The number of ketones is 4. The van der Waals surface area contributed by atoms with E-state index in [0.717, 1.165) is 70.6 Å². The van der Waals surface area contributed by atoms with Crippen LogP contribution in [0.25, 0.3) is 0 Å². The predicted molar refractivity (Wildman–Crippen MR) is 519 cm³/mol. The summed E-state index contributed by atoms with van der Waals surface area (Å²) in [5.41, 5.74) is 21.9. The first-order chi connectivity index (χ1) is 63.8. The maximum absolute atomic E-state index is 14.4. The first-order valence-corrected chi connectivity index (χ1v) is 49.6. The Hall–Kier alpha value is -7.89. The number of rotatable bonds is 91. The lowest BCUT2D eigenvalue weighted by atomic mass is 9.84. The number of carbonyl (C=O) groups is 15. The van der Waals surface area contributed by atoms with Crippen LogP contribution in [0.5, 0.6) is 0 Å². The molecule has 0 rings (SSSR count). The third-order valence-electron chi connectivity index (χ3n) is 20.9. The van der Waals surface area contributed by atoms with Crippen LogP contribution in [0.3, 0.4) is 0 Å². The van der Waals surface area contributed by atoms with E-state index in [1.165, 1.54) is 63.9 Å². The minimum atomic E-state index is -1.25. The monoisotopic (exact) mass is 1880 g/mol. The fraction of sp³-hybridized carbons (Fsp3) is 0.819. The Kier molecular flexibility index (Phi) is 92.2. The van der Waals surface area contributed by atoms with Gasteiger partial charge in [0.1, 0.15) is 23.1 Å². The summed E-state index contributed by atoms with van der Waals surface area (Å²) < 4.78 is 15.5. The standard InChI is InChI=1S/C62H119N13O12.C22H45N7O4.C10H18O2/c1-5-8-11-13-15-17-40-86-58(81)19-24-65-28-30-69-33-37-71-56(79)47-50(43-53(76)42-49(4)60(83)74-38-35-70-31-29-66-25-20-59(82)87-41-18-16-14-12-9-6-2)55(78)46-51(61(84)75-39-34-68-27-22-64)44-54(77)45-52(62(85)73-23-10-7-3)48-57(80)72-36-32-67-26-21-63;1-3-4-7-28-22(33)18(16-20(31)27-12-10-25-8-5-23)15-19(30)14-17(2)21(32)29-13-11-26-9-6-24;1-3-5-6-7-8-9-12-10(11)4-2/h49-52,65-70H,5-48,63-64H2,1-4H3,(H,71,79)(H,72,80)(H,73,85)(H,74,83)(H,75,84);17-18,25-26H,3-16,23-24H2,1-2H3,(H,27,31)(H,28,33)(H,29,32);4H,2-3,5-9H2,1H3. The lowest BCUT2D eigenvalue weighted by Gasteiger charge is -2.21. The fourth-order valence-corrected chi connectivity index (χ4v) is 13.2. The number of hydrogen-bond donors (Lipinski definition) is 20. The van der Waals surface area contributed by atoms with Gasteiger partial charge < -0.3 is 122 Å². The maximum atomic E-state index is 14.4. The summed E-state index contributed by atoms with van der Waals surface area (Å²) in [6.07, 6.45) is 21.4. The van der Waals surface area contributed by atoms with Gasteiger partial charge in [0.15, 0.2) is 0 Å². The lowest BCUT2D eigenvalue weighted by molar-refractivity contribution is -0.144. The molecule has 0 bridgehead atoms. The lowest BCUT2D eigenvalue weighted by Crippen LogP contribution is -2.40. The molecule has 0 saturated carbocycles. The van der Waals surface area contributed by atoms with Crippen molar-refractivity contribution >= 4 is 88.3 Å². The van der Waals surface area contributed by atoms with Gasteiger partial charge in [-0.1, -0.05) is 158 Å². The molecule has 38 heteroatoms. The Morgan fingerprint density at radius 2 is 0.508 bits per heavy atom. The summed E-state index contributed by atoms with van der Waals surface area (Å²) in [6.45, 7) is 31.2. The van der Waals surface area contributed by atoms with Gasteiger partial charge in [-0.3, -0.25) is 67.1 Å². The van der Waals surface area contributed by atoms with Crippen molar-refractivity contribution < 1.29 is 86.1 Å². The molecule has 8 amide bonds. The van der Waals surface area contributed by atoms with Crippen molar-refractivity contribution in [1.29, 1.82) is 0 Å². The van der Waals surface area contributed by atoms with E-state index in [1.807, 2.05) is 13.8 Å². The number of nitrogens with one attached hydrogen (secondary N) is 16. The molecule has 0 fully saturated rings. The van der Waals surface area contributed by atoms with E-state index < -0.39 is 102 Å². The summed E-state index contributed by atoms with van der Waals surface area (Å²) in [7, 11) is 0. The number of unbranched alkanes of at least 4 members (excludes halogenated alkanes) is 16. The molecular formula is C94H182N20O18. The quantitative estimate of drug-likeness (QED) is 0.0180. The maximum Gasteiger partial charge on any atom is 0.330 e. The summed E-state index contributed by atoms with van der Waals surface area (Å²) >= 11 is 0. The molecule has 0 aliphatic heterocycles. The van der Waals surface area contributed by atoms with Crippen LogP contribution in [0.4, 0.5) is 0 Å². The van der Waals surface area contributed by atoms with Crippen molar-refractivity contribution in [2.24, 2.45) is 58.4 Å². The van der Waals surface area contributed by atoms with Gasteiger partial charge in [0.25, 0.3) is 0 Å². The number of ether oxygens (including phenoxy) is 3. The number of carbonyl (C=O) groups excluding carboxylic acids is 15. The molecule has 0 saturated heterocycles. The third kappa shape index (κ3) is 83.9. The van der Waals surface area contributed by atoms with Crippen LogP contribution in [0.2, 0.25) is 0 Å². The molecule has 132 heavy (non-hydrogen) atoms. The van der Waals surface area contributed by atoms with Crippen LogP contribution in [0, 0.1) is 35.5 Å². The summed E-state index contributed by atoms with van der Waals surface area (Å²) in [4.78, 5) is 194. The van der Waals surface area contributed by atoms with Gasteiger partial charge >= 0.3 is 17.9 Å². The molecule has 6 atom stereocenters. The molecule has 0 aromatic heterocycles. The van der Waals surface area contributed by atoms with Crippen LogP contribution in [-0.2, 0) is 86.1 Å². The van der Waals surface area contributed by atoms with Crippen LogP contribution >= 0.6 is 0 Å². The minimum absolute atomic E-state index is 0.0193. The van der Waals surface area contributed by atoms with Gasteiger partial charge in [-0.25, -0.2) is 4.79 Å². The fourth-order valence-electron chi connectivity index (χ4n) is 13.2. The first kappa shape index (κ1) is 128. The zero-order valence-corrected chi connectivity index (χ0v) is 82.2. The zero-order valence-electron chi connectivity index (χ0n) is 82.2. The highest BCUT2D eigenvalue weighted by Gasteiger charge is 2.34. The van der Waals surface area contributed by atoms with Gasteiger partial charge in [0.05, 0.1) is 50.4 Å². The molecule has 0 aromatic carbocycles. The second-order valence-corrected chi connectivity index (χ2v) is 33.3. The average Bonchev–Trinajstić information content (AvgIpc) is 0.861.